The van der Waals surface area contributed by atoms with Gasteiger partial charge < -0.3 is 9.84 Å². The minimum atomic E-state index is -3.70. The topological polar surface area (TPSA) is 92.7 Å². The Labute approximate surface area is 151 Å². The van der Waals surface area contributed by atoms with E-state index < -0.39 is 22.1 Å². The maximum Gasteiger partial charge on any atom is 0.307 e. The number of benzene rings is 2. The summed E-state index contributed by atoms with van der Waals surface area (Å²) in [6.45, 7) is 0.0119. The summed E-state index contributed by atoms with van der Waals surface area (Å²) in [6.07, 6.45) is -0.656. The fourth-order valence-electron chi connectivity index (χ4n) is 2.30. The van der Waals surface area contributed by atoms with E-state index in [9.17, 15) is 13.2 Å². The number of carboxylic acid groups (broad SMARTS) is 1. The maximum atomic E-state index is 12.3. The van der Waals surface area contributed by atoms with Gasteiger partial charge in [0.05, 0.1) is 17.4 Å². The van der Waals surface area contributed by atoms with Crippen LogP contribution in [0.4, 0.5) is 0 Å². The van der Waals surface area contributed by atoms with Gasteiger partial charge >= 0.3 is 5.97 Å². The minimum absolute atomic E-state index is 0.0119. The van der Waals surface area contributed by atoms with Crippen molar-refractivity contribution in [2.75, 3.05) is 13.7 Å². The minimum Gasteiger partial charge on any atom is -0.481 e. The average Bonchev–Trinajstić information content (AvgIpc) is 2.55. The first kappa shape index (κ1) is 19.4. The Morgan fingerprint density at radius 3 is 2.52 bits per heavy atom. The summed E-state index contributed by atoms with van der Waals surface area (Å²) >= 11 is 5.77. The predicted molar refractivity (Wildman–Crippen MR) is 94.2 cm³/mol. The van der Waals surface area contributed by atoms with Gasteiger partial charge in [-0.2, -0.15) is 0 Å². The summed E-state index contributed by atoms with van der Waals surface area (Å²) < 4.78 is 32.5. The number of hydrogen-bond donors (Lipinski definition) is 2. The summed E-state index contributed by atoms with van der Waals surface area (Å²) in [4.78, 5) is 10.9. The standard InChI is InChI=1S/C17H18ClNO5S/c1-24-16(13-4-2-3-12(9-13)10-17(20)21)11-19-25(22,23)15-7-5-14(18)6-8-15/h2-9,16,19H,10-11H2,1H3,(H,20,21). The van der Waals surface area contributed by atoms with Gasteiger partial charge in [-0.25, -0.2) is 13.1 Å². The molecule has 2 aromatic carbocycles. The van der Waals surface area contributed by atoms with Gasteiger partial charge in [-0.15, -0.1) is 0 Å². The van der Waals surface area contributed by atoms with Gasteiger partial charge in [0.2, 0.25) is 10.0 Å². The lowest BCUT2D eigenvalue weighted by Gasteiger charge is -2.17. The Morgan fingerprint density at radius 2 is 1.92 bits per heavy atom. The predicted octanol–water partition coefficient (Wildman–Crippen LogP) is 2.63. The molecule has 134 valence electrons. The molecule has 0 amide bonds. The molecule has 2 rings (SSSR count). The number of rotatable bonds is 8. The molecule has 0 fully saturated rings. The molecule has 0 heterocycles. The highest BCUT2D eigenvalue weighted by Crippen LogP contribution is 2.19. The highest BCUT2D eigenvalue weighted by Gasteiger charge is 2.18. The van der Waals surface area contributed by atoms with Gasteiger partial charge in [0.15, 0.2) is 0 Å². The van der Waals surface area contributed by atoms with Crippen LogP contribution in [0.25, 0.3) is 0 Å². The summed E-state index contributed by atoms with van der Waals surface area (Å²) in [7, 11) is -2.24. The fourth-order valence-corrected chi connectivity index (χ4v) is 3.46. The van der Waals surface area contributed by atoms with Crippen molar-refractivity contribution >= 4 is 27.6 Å². The number of sulfonamides is 1. The first-order valence-corrected chi connectivity index (χ1v) is 9.26. The van der Waals surface area contributed by atoms with Crippen LogP contribution in [0.1, 0.15) is 17.2 Å². The average molecular weight is 384 g/mol. The Kier molecular flexibility index (Phi) is 6.55. The molecular formula is C17H18ClNO5S. The normalized spacial score (nSPS) is 12.7. The number of halogens is 1. The van der Waals surface area contributed by atoms with Crippen molar-refractivity contribution < 1.29 is 23.1 Å². The summed E-state index contributed by atoms with van der Waals surface area (Å²) in [6, 6.07) is 12.7. The van der Waals surface area contributed by atoms with E-state index in [2.05, 4.69) is 4.72 Å². The van der Waals surface area contributed by atoms with Crippen LogP contribution in [-0.4, -0.2) is 33.1 Å². The molecule has 0 saturated heterocycles. The van der Waals surface area contributed by atoms with Gasteiger partial charge in [0.1, 0.15) is 0 Å². The highest BCUT2D eigenvalue weighted by molar-refractivity contribution is 7.89. The number of methoxy groups -OCH3 is 1. The first-order chi connectivity index (χ1) is 11.8. The Bertz CT molecular complexity index is 836. The molecule has 2 aromatic rings. The van der Waals surface area contributed by atoms with Gasteiger partial charge in [0, 0.05) is 18.7 Å². The van der Waals surface area contributed by atoms with Crippen molar-refractivity contribution in [1.82, 2.24) is 4.72 Å². The van der Waals surface area contributed by atoms with Crippen molar-refractivity contribution in [3.63, 3.8) is 0 Å². The molecule has 0 aliphatic carbocycles. The van der Waals surface area contributed by atoms with E-state index in [-0.39, 0.29) is 17.9 Å². The van der Waals surface area contributed by atoms with Gasteiger partial charge in [0.25, 0.3) is 0 Å². The van der Waals surface area contributed by atoms with Crippen LogP contribution in [-0.2, 0) is 26.0 Å². The van der Waals surface area contributed by atoms with Gasteiger partial charge in [-0.1, -0.05) is 35.9 Å². The number of hydrogen-bond acceptors (Lipinski definition) is 4. The third kappa shape index (κ3) is 5.54. The second kappa shape index (κ2) is 8.44. The third-order valence-corrected chi connectivity index (χ3v) is 5.24. The van der Waals surface area contributed by atoms with Crippen molar-refractivity contribution in [3.8, 4) is 0 Å². The number of carbonyl (C=O) groups is 1. The summed E-state index contributed by atoms with van der Waals surface area (Å²) in [5.41, 5.74) is 1.31. The monoisotopic (exact) mass is 383 g/mol. The highest BCUT2D eigenvalue weighted by atomic mass is 35.5. The van der Waals surface area contributed by atoms with E-state index in [1.165, 1.54) is 31.4 Å². The number of ether oxygens (including phenoxy) is 1. The number of carboxylic acids is 1. The second-order valence-corrected chi connectivity index (χ2v) is 7.55. The lowest BCUT2D eigenvalue weighted by Crippen LogP contribution is -2.29. The van der Waals surface area contributed by atoms with Crippen LogP contribution < -0.4 is 4.72 Å². The van der Waals surface area contributed by atoms with E-state index in [0.29, 0.717) is 16.1 Å². The van der Waals surface area contributed by atoms with E-state index in [1.54, 1.807) is 24.3 Å². The molecule has 0 aromatic heterocycles. The summed E-state index contributed by atoms with van der Waals surface area (Å²) in [5.74, 6) is -0.936. The molecule has 8 heteroatoms. The first-order valence-electron chi connectivity index (χ1n) is 7.40. The molecular weight excluding hydrogens is 366 g/mol. The van der Waals surface area contributed by atoms with E-state index >= 15 is 0 Å². The molecule has 1 atom stereocenters. The van der Waals surface area contributed by atoms with Gasteiger partial charge in [-0.3, -0.25) is 4.79 Å². The quantitative estimate of drug-likeness (QED) is 0.731. The molecule has 0 aliphatic rings. The van der Waals surface area contributed by atoms with Crippen LogP contribution in [0.15, 0.2) is 53.4 Å². The van der Waals surface area contributed by atoms with Crippen LogP contribution in [0.2, 0.25) is 5.02 Å². The molecule has 2 N–H and O–H groups in total. The fraction of sp³-hybridized carbons (Fsp3) is 0.235. The van der Waals surface area contributed by atoms with E-state index in [0.717, 1.165) is 0 Å². The van der Waals surface area contributed by atoms with Crippen LogP contribution in [0.3, 0.4) is 0 Å². The molecule has 25 heavy (non-hydrogen) atoms. The molecule has 6 nitrogen and oxygen atoms in total. The van der Waals surface area contributed by atoms with E-state index in [1.807, 2.05) is 0 Å². The van der Waals surface area contributed by atoms with Crippen molar-refractivity contribution in [2.45, 2.75) is 17.4 Å². The lowest BCUT2D eigenvalue weighted by atomic mass is 10.0. The van der Waals surface area contributed by atoms with Crippen LogP contribution in [0, 0.1) is 0 Å². The molecule has 1 unspecified atom stereocenters. The number of nitrogens with one attached hydrogen (secondary N) is 1. The largest absolute Gasteiger partial charge is 0.481 e. The molecule has 0 bridgehead atoms. The molecule has 0 saturated carbocycles. The Balaban J connectivity index is 2.12. The van der Waals surface area contributed by atoms with Gasteiger partial charge in [-0.05, 0) is 35.4 Å². The zero-order chi connectivity index (χ0) is 18.4. The smallest absolute Gasteiger partial charge is 0.307 e. The molecule has 0 aliphatic heterocycles. The Morgan fingerprint density at radius 1 is 1.24 bits per heavy atom. The molecule has 0 spiro atoms. The maximum absolute atomic E-state index is 12.3. The second-order valence-electron chi connectivity index (χ2n) is 5.35. The number of aliphatic carboxylic acids is 1. The van der Waals surface area contributed by atoms with Crippen molar-refractivity contribution in [1.29, 1.82) is 0 Å². The van der Waals surface area contributed by atoms with Crippen molar-refractivity contribution in [3.05, 3.63) is 64.7 Å². The molecule has 0 radical (unpaired) electrons. The SMILES string of the molecule is COC(CNS(=O)(=O)c1ccc(Cl)cc1)c1cccc(CC(=O)O)c1. The third-order valence-electron chi connectivity index (χ3n) is 3.55. The van der Waals surface area contributed by atoms with E-state index in [4.69, 9.17) is 21.4 Å². The Hall–Kier alpha value is -1.93. The zero-order valence-corrected chi connectivity index (χ0v) is 15.0. The summed E-state index contributed by atoms with van der Waals surface area (Å²) in [5, 5.41) is 9.33. The van der Waals surface area contributed by atoms with Crippen molar-refractivity contribution in [2.24, 2.45) is 0 Å². The lowest BCUT2D eigenvalue weighted by molar-refractivity contribution is -0.136. The van der Waals surface area contributed by atoms with Crippen LogP contribution >= 0.6 is 11.6 Å². The van der Waals surface area contributed by atoms with Crippen LogP contribution in [0.5, 0.6) is 0 Å². The zero-order valence-electron chi connectivity index (χ0n) is 13.5.